The van der Waals surface area contributed by atoms with Gasteiger partial charge in [0, 0.05) is 32.1 Å². The van der Waals surface area contributed by atoms with Crippen LogP contribution < -0.4 is 5.32 Å². The molecule has 0 aliphatic rings. The molecule has 0 aliphatic heterocycles. The van der Waals surface area contributed by atoms with E-state index in [1.165, 1.54) is 4.31 Å². The predicted octanol–water partition coefficient (Wildman–Crippen LogP) is 0.784. The molecule has 7 heteroatoms. The minimum Gasteiger partial charge on any atom is -0.316 e. The zero-order valence-corrected chi connectivity index (χ0v) is 12.5. The maximum Gasteiger partial charge on any atom is 0.260 e. The molecule has 1 heterocycles. The third-order valence-corrected chi connectivity index (χ3v) is 4.83. The molecular formula is C11H19N3O2S2. The van der Waals surface area contributed by atoms with Gasteiger partial charge in [0.25, 0.3) is 10.0 Å². The van der Waals surface area contributed by atoms with Crippen molar-refractivity contribution < 1.29 is 8.42 Å². The van der Waals surface area contributed by atoms with Crippen LogP contribution in [0.2, 0.25) is 0 Å². The summed E-state index contributed by atoms with van der Waals surface area (Å²) in [6.07, 6.45) is 3.54. The van der Waals surface area contributed by atoms with Gasteiger partial charge in [-0.15, -0.1) is 0 Å². The third kappa shape index (κ3) is 3.94. The van der Waals surface area contributed by atoms with Crippen LogP contribution >= 0.6 is 11.8 Å². The number of rotatable bonds is 7. The van der Waals surface area contributed by atoms with Gasteiger partial charge in [-0.2, -0.15) is 16.1 Å². The molecule has 0 aromatic carbocycles. The number of pyridine rings is 1. The van der Waals surface area contributed by atoms with Crippen molar-refractivity contribution in [2.75, 3.05) is 32.6 Å². The maximum absolute atomic E-state index is 12.1. The highest BCUT2D eigenvalue weighted by Gasteiger charge is 2.21. The van der Waals surface area contributed by atoms with Crippen molar-refractivity contribution >= 4 is 21.8 Å². The third-order valence-electron chi connectivity index (χ3n) is 2.46. The number of hydrogen-bond acceptors (Lipinski definition) is 5. The Bertz CT molecular complexity index is 460. The van der Waals surface area contributed by atoms with Crippen LogP contribution in [0.3, 0.4) is 0 Å². The summed E-state index contributed by atoms with van der Waals surface area (Å²) in [5, 5.41) is 3.09. The van der Waals surface area contributed by atoms with E-state index in [0.717, 1.165) is 11.3 Å². The van der Waals surface area contributed by atoms with Gasteiger partial charge in [-0.25, -0.2) is 13.4 Å². The Labute approximate surface area is 113 Å². The van der Waals surface area contributed by atoms with Gasteiger partial charge in [-0.05, 0) is 24.9 Å². The Balaban J connectivity index is 2.84. The zero-order valence-electron chi connectivity index (χ0n) is 10.9. The molecule has 0 bridgehead atoms. The molecule has 0 aliphatic carbocycles. The summed E-state index contributed by atoms with van der Waals surface area (Å²) in [5.41, 5.74) is 0.961. The van der Waals surface area contributed by atoms with Crippen molar-refractivity contribution in [1.29, 1.82) is 0 Å². The largest absolute Gasteiger partial charge is 0.316 e. The van der Waals surface area contributed by atoms with Crippen LogP contribution in [0.25, 0.3) is 0 Å². The fourth-order valence-corrected chi connectivity index (χ4v) is 3.02. The molecule has 1 aromatic heterocycles. The van der Waals surface area contributed by atoms with Gasteiger partial charge in [0.2, 0.25) is 0 Å². The first-order valence-electron chi connectivity index (χ1n) is 5.57. The first-order valence-corrected chi connectivity index (χ1v) is 8.40. The van der Waals surface area contributed by atoms with E-state index in [-0.39, 0.29) is 5.03 Å². The van der Waals surface area contributed by atoms with E-state index in [1.54, 1.807) is 37.1 Å². The molecule has 0 spiro atoms. The SMILES string of the molecule is CNCc1ccc(S(=O)(=O)N(C)CCSC)nc1. The van der Waals surface area contributed by atoms with Gasteiger partial charge >= 0.3 is 0 Å². The summed E-state index contributed by atoms with van der Waals surface area (Å²) in [6.45, 7) is 1.17. The molecule has 1 rings (SSSR count). The van der Waals surface area contributed by atoms with Crippen LogP contribution in [0.15, 0.2) is 23.4 Å². The number of sulfonamides is 1. The Morgan fingerprint density at radius 3 is 2.67 bits per heavy atom. The molecule has 102 valence electrons. The molecule has 0 saturated heterocycles. The van der Waals surface area contributed by atoms with Crippen LogP contribution in [-0.4, -0.2) is 50.4 Å². The molecule has 0 amide bonds. The van der Waals surface area contributed by atoms with Crippen molar-refractivity contribution in [2.45, 2.75) is 11.6 Å². The average Bonchev–Trinajstić information content (AvgIpc) is 2.37. The summed E-state index contributed by atoms with van der Waals surface area (Å²) >= 11 is 1.62. The Kier molecular flexibility index (Phi) is 6.07. The van der Waals surface area contributed by atoms with Crippen molar-refractivity contribution in [3.8, 4) is 0 Å². The topological polar surface area (TPSA) is 62.3 Å². The number of thioether (sulfide) groups is 1. The summed E-state index contributed by atoms with van der Waals surface area (Å²) in [5.74, 6) is 0.771. The second-order valence-corrected chi connectivity index (χ2v) is 6.83. The van der Waals surface area contributed by atoms with E-state index in [0.29, 0.717) is 13.1 Å². The summed E-state index contributed by atoms with van der Waals surface area (Å²) in [7, 11) is -0.0422. The Morgan fingerprint density at radius 1 is 1.44 bits per heavy atom. The van der Waals surface area contributed by atoms with E-state index >= 15 is 0 Å². The van der Waals surface area contributed by atoms with Crippen molar-refractivity contribution in [2.24, 2.45) is 0 Å². The van der Waals surface area contributed by atoms with E-state index in [2.05, 4.69) is 10.3 Å². The standard InChI is InChI=1S/C11H19N3O2S2/c1-12-8-10-4-5-11(13-9-10)18(15,16)14(2)6-7-17-3/h4-5,9,12H,6-8H2,1-3H3. The lowest BCUT2D eigenvalue weighted by atomic mass is 10.3. The number of hydrogen-bond donors (Lipinski definition) is 1. The lowest BCUT2D eigenvalue weighted by molar-refractivity contribution is 0.485. The molecule has 5 nitrogen and oxygen atoms in total. The zero-order chi connectivity index (χ0) is 13.6. The molecule has 1 N–H and O–H groups in total. The number of aromatic nitrogens is 1. The molecule has 0 fully saturated rings. The van der Waals surface area contributed by atoms with Gasteiger partial charge in [-0.3, -0.25) is 0 Å². The molecule has 0 atom stereocenters. The normalized spacial score (nSPS) is 12.0. The first-order chi connectivity index (χ1) is 8.52. The maximum atomic E-state index is 12.1. The number of nitrogens with one attached hydrogen (secondary N) is 1. The van der Waals surface area contributed by atoms with Crippen LogP contribution in [0.4, 0.5) is 0 Å². The second-order valence-electron chi connectivity index (χ2n) is 3.85. The van der Waals surface area contributed by atoms with E-state index in [9.17, 15) is 8.42 Å². The fraction of sp³-hybridized carbons (Fsp3) is 0.545. The van der Waals surface area contributed by atoms with Crippen LogP contribution in [0.5, 0.6) is 0 Å². The monoisotopic (exact) mass is 289 g/mol. The molecule has 0 radical (unpaired) electrons. The van der Waals surface area contributed by atoms with Crippen LogP contribution in [-0.2, 0) is 16.6 Å². The lowest BCUT2D eigenvalue weighted by Crippen LogP contribution is -2.29. The van der Waals surface area contributed by atoms with Crippen LogP contribution in [0, 0.1) is 0 Å². The van der Waals surface area contributed by atoms with Gasteiger partial charge in [0.15, 0.2) is 5.03 Å². The molecule has 0 saturated carbocycles. The highest BCUT2D eigenvalue weighted by molar-refractivity contribution is 7.98. The first kappa shape index (κ1) is 15.4. The van der Waals surface area contributed by atoms with Crippen molar-refractivity contribution in [3.05, 3.63) is 23.9 Å². The van der Waals surface area contributed by atoms with E-state index in [1.807, 2.05) is 13.3 Å². The van der Waals surface area contributed by atoms with Crippen LogP contribution in [0.1, 0.15) is 5.56 Å². The van der Waals surface area contributed by atoms with Crippen molar-refractivity contribution in [1.82, 2.24) is 14.6 Å². The quantitative estimate of drug-likeness (QED) is 0.804. The minimum atomic E-state index is -3.45. The van der Waals surface area contributed by atoms with Gasteiger partial charge in [0.05, 0.1) is 0 Å². The predicted molar refractivity (Wildman–Crippen MR) is 75.2 cm³/mol. The highest BCUT2D eigenvalue weighted by Crippen LogP contribution is 2.12. The van der Waals surface area contributed by atoms with E-state index in [4.69, 9.17) is 0 Å². The summed E-state index contributed by atoms with van der Waals surface area (Å²) < 4.78 is 25.6. The molecule has 0 unspecified atom stereocenters. The Morgan fingerprint density at radius 2 is 2.17 bits per heavy atom. The highest BCUT2D eigenvalue weighted by atomic mass is 32.2. The van der Waals surface area contributed by atoms with Gasteiger partial charge < -0.3 is 5.32 Å². The average molecular weight is 289 g/mol. The Hall–Kier alpha value is -0.630. The molecule has 1 aromatic rings. The van der Waals surface area contributed by atoms with E-state index < -0.39 is 10.0 Å². The molecular weight excluding hydrogens is 270 g/mol. The second kappa shape index (κ2) is 7.08. The molecule has 18 heavy (non-hydrogen) atoms. The lowest BCUT2D eigenvalue weighted by Gasteiger charge is -2.15. The smallest absolute Gasteiger partial charge is 0.260 e. The van der Waals surface area contributed by atoms with Gasteiger partial charge in [0.1, 0.15) is 0 Å². The summed E-state index contributed by atoms with van der Waals surface area (Å²) in [4.78, 5) is 4.02. The number of nitrogens with zero attached hydrogens (tertiary/aromatic N) is 2. The fourth-order valence-electron chi connectivity index (χ4n) is 1.37. The summed E-state index contributed by atoms with van der Waals surface area (Å²) in [6, 6.07) is 3.33. The van der Waals surface area contributed by atoms with Gasteiger partial charge in [-0.1, -0.05) is 6.07 Å². The minimum absolute atomic E-state index is 0.103. The van der Waals surface area contributed by atoms with Crippen molar-refractivity contribution in [3.63, 3.8) is 0 Å².